The van der Waals surface area contributed by atoms with E-state index in [2.05, 4.69) is 9.71 Å². The van der Waals surface area contributed by atoms with Crippen LogP contribution < -0.4 is 4.72 Å². The van der Waals surface area contributed by atoms with Crippen molar-refractivity contribution in [3.8, 4) is 0 Å². The molecule has 0 unspecified atom stereocenters. The minimum atomic E-state index is -5.08. The molecular weight excluding hydrogens is 443 g/mol. The van der Waals surface area contributed by atoms with Crippen LogP contribution in [0.25, 0.3) is 0 Å². The molecule has 1 aliphatic heterocycles. The van der Waals surface area contributed by atoms with Gasteiger partial charge in [-0.25, -0.2) is 17.9 Å². The molecule has 0 aromatic carbocycles. The molecule has 176 valence electrons. The minimum Gasteiger partial charge on any atom is -0.475 e. The number of carboxylic acid groups (broad SMARTS) is 1. The van der Waals surface area contributed by atoms with Crippen molar-refractivity contribution in [2.24, 2.45) is 5.92 Å². The third kappa shape index (κ3) is 9.61. The largest absolute Gasteiger partial charge is 0.490 e. The summed E-state index contributed by atoms with van der Waals surface area (Å²) < 4.78 is 62.2. The Morgan fingerprint density at radius 3 is 2.45 bits per heavy atom. The highest BCUT2D eigenvalue weighted by Crippen LogP contribution is 2.20. The SMILES string of the molecule is Cc1ccc(C(=O)N2CCOC[C@@H](CCNS(C)(=O)=O)[C@@H]2C)nc1.O=C(O)C(F)(F)F. The Balaban J connectivity index is 0.000000592. The van der Waals surface area contributed by atoms with Gasteiger partial charge in [-0.05, 0) is 31.9 Å². The fourth-order valence-electron chi connectivity index (χ4n) is 2.78. The molecule has 31 heavy (non-hydrogen) atoms. The van der Waals surface area contributed by atoms with E-state index in [0.717, 1.165) is 11.8 Å². The Bertz CT molecular complexity index is 846. The first kappa shape index (κ1) is 26.8. The van der Waals surface area contributed by atoms with Crippen LogP contribution in [0.2, 0.25) is 0 Å². The summed E-state index contributed by atoms with van der Waals surface area (Å²) in [5.41, 5.74) is 1.42. The number of aliphatic carboxylic acids is 1. The van der Waals surface area contributed by atoms with Crippen molar-refractivity contribution in [3.63, 3.8) is 0 Å². The minimum absolute atomic E-state index is 0.0514. The second-order valence-electron chi connectivity index (χ2n) is 7.05. The Morgan fingerprint density at radius 1 is 1.35 bits per heavy atom. The number of amides is 1. The molecule has 0 saturated carbocycles. The maximum absolute atomic E-state index is 12.7. The molecule has 2 rings (SSSR count). The summed E-state index contributed by atoms with van der Waals surface area (Å²) in [5, 5.41) is 7.12. The van der Waals surface area contributed by atoms with E-state index in [9.17, 15) is 26.4 Å². The first-order valence-corrected chi connectivity index (χ1v) is 11.2. The lowest BCUT2D eigenvalue weighted by molar-refractivity contribution is -0.192. The number of pyridine rings is 1. The smallest absolute Gasteiger partial charge is 0.475 e. The molecule has 1 aromatic rings. The number of halogens is 3. The van der Waals surface area contributed by atoms with E-state index in [1.54, 1.807) is 17.2 Å². The van der Waals surface area contributed by atoms with Crippen LogP contribution in [0.4, 0.5) is 13.2 Å². The fourth-order valence-corrected chi connectivity index (χ4v) is 3.27. The number of carbonyl (C=O) groups is 2. The Kier molecular flexibility index (Phi) is 9.84. The van der Waals surface area contributed by atoms with E-state index < -0.39 is 22.2 Å². The van der Waals surface area contributed by atoms with Crippen LogP contribution in [-0.4, -0.2) is 80.1 Å². The lowest BCUT2D eigenvalue weighted by Gasteiger charge is -2.31. The average Bonchev–Trinajstić information content (AvgIpc) is 2.82. The third-order valence-corrected chi connectivity index (χ3v) is 5.22. The quantitative estimate of drug-likeness (QED) is 0.668. The summed E-state index contributed by atoms with van der Waals surface area (Å²) in [6, 6.07) is 3.55. The normalized spacial score (nSPS) is 19.7. The zero-order chi connectivity index (χ0) is 23.8. The molecule has 1 fully saturated rings. The van der Waals surface area contributed by atoms with Gasteiger partial charge in [0.25, 0.3) is 5.91 Å². The van der Waals surface area contributed by atoms with E-state index in [1.807, 2.05) is 19.9 Å². The van der Waals surface area contributed by atoms with Gasteiger partial charge in [0.05, 0.1) is 19.5 Å². The Morgan fingerprint density at radius 2 is 1.97 bits per heavy atom. The van der Waals surface area contributed by atoms with Gasteiger partial charge in [-0.2, -0.15) is 13.2 Å². The summed E-state index contributed by atoms with van der Waals surface area (Å²) in [4.78, 5) is 27.6. The standard InChI is InChI=1S/C16H25N3O4S.C2HF3O2/c1-12-4-5-15(17-10-12)16(20)19-8-9-23-11-14(13(19)2)6-7-18-24(3,21)22;3-2(4,5)1(6)7/h4-5,10,13-14,18H,6-9,11H2,1-3H3;(H,6,7)/t13-,14+;/m0./s1. The molecule has 0 spiro atoms. The predicted octanol–water partition coefficient (Wildman–Crippen LogP) is 1.44. The first-order valence-electron chi connectivity index (χ1n) is 9.28. The van der Waals surface area contributed by atoms with Gasteiger partial charge in [0.1, 0.15) is 5.69 Å². The van der Waals surface area contributed by atoms with Crippen LogP contribution in [-0.2, 0) is 19.6 Å². The van der Waals surface area contributed by atoms with Crippen molar-refractivity contribution < 1.29 is 41.0 Å². The molecule has 1 saturated heterocycles. The zero-order valence-corrected chi connectivity index (χ0v) is 18.2. The number of alkyl halides is 3. The summed E-state index contributed by atoms with van der Waals surface area (Å²) in [6.07, 6.45) is -1.65. The van der Waals surface area contributed by atoms with Crippen molar-refractivity contribution >= 4 is 21.9 Å². The van der Waals surface area contributed by atoms with Crippen molar-refractivity contribution in [2.75, 3.05) is 32.6 Å². The molecule has 0 aliphatic carbocycles. The summed E-state index contributed by atoms with van der Waals surface area (Å²) in [7, 11) is -3.21. The van der Waals surface area contributed by atoms with Crippen molar-refractivity contribution in [1.29, 1.82) is 0 Å². The van der Waals surface area contributed by atoms with Gasteiger partial charge >= 0.3 is 12.1 Å². The summed E-state index contributed by atoms with van der Waals surface area (Å²) in [5.74, 6) is -2.81. The van der Waals surface area contributed by atoms with E-state index >= 15 is 0 Å². The van der Waals surface area contributed by atoms with Crippen molar-refractivity contribution in [3.05, 3.63) is 29.6 Å². The van der Waals surface area contributed by atoms with Gasteiger partial charge in [0.2, 0.25) is 10.0 Å². The number of aryl methyl sites for hydroxylation is 1. The maximum atomic E-state index is 12.7. The molecule has 9 nitrogen and oxygen atoms in total. The van der Waals surface area contributed by atoms with E-state index in [-0.39, 0.29) is 17.9 Å². The molecule has 0 bridgehead atoms. The molecule has 0 radical (unpaired) electrons. The zero-order valence-electron chi connectivity index (χ0n) is 17.3. The number of aromatic nitrogens is 1. The van der Waals surface area contributed by atoms with E-state index in [1.165, 1.54) is 0 Å². The molecule has 1 amide bonds. The molecule has 1 aliphatic rings. The summed E-state index contributed by atoms with van der Waals surface area (Å²) >= 11 is 0. The number of ether oxygens (including phenoxy) is 1. The highest BCUT2D eigenvalue weighted by atomic mass is 32.2. The van der Waals surface area contributed by atoms with E-state index in [4.69, 9.17) is 14.6 Å². The van der Waals surface area contributed by atoms with Crippen LogP contribution in [0.5, 0.6) is 0 Å². The number of nitrogens with zero attached hydrogens (tertiary/aromatic N) is 2. The Hall–Kier alpha value is -2.25. The topological polar surface area (TPSA) is 126 Å². The van der Waals surface area contributed by atoms with Crippen LogP contribution in [0.1, 0.15) is 29.4 Å². The van der Waals surface area contributed by atoms with Gasteiger partial charge in [-0.3, -0.25) is 9.78 Å². The van der Waals surface area contributed by atoms with Gasteiger partial charge in [-0.1, -0.05) is 6.07 Å². The molecular formula is C18H26F3N3O6S. The highest BCUT2D eigenvalue weighted by Gasteiger charge is 2.38. The molecule has 1 aromatic heterocycles. The van der Waals surface area contributed by atoms with Gasteiger partial charge in [0.15, 0.2) is 0 Å². The molecule has 13 heteroatoms. The fraction of sp³-hybridized carbons (Fsp3) is 0.611. The van der Waals surface area contributed by atoms with E-state index in [0.29, 0.717) is 38.4 Å². The van der Waals surface area contributed by atoms with Crippen molar-refractivity contribution in [2.45, 2.75) is 32.5 Å². The third-order valence-electron chi connectivity index (χ3n) is 4.50. The molecule has 2 atom stereocenters. The van der Waals surface area contributed by atoms with Crippen LogP contribution >= 0.6 is 0 Å². The number of carboxylic acids is 1. The number of sulfonamides is 1. The van der Waals surface area contributed by atoms with Gasteiger partial charge in [-0.15, -0.1) is 0 Å². The first-order chi connectivity index (χ1) is 14.2. The lowest BCUT2D eigenvalue weighted by atomic mass is 9.97. The second-order valence-corrected chi connectivity index (χ2v) is 8.89. The molecule has 2 N–H and O–H groups in total. The monoisotopic (exact) mass is 469 g/mol. The van der Waals surface area contributed by atoms with Crippen LogP contribution in [0.15, 0.2) is 18.3 Å². The van der Waals surface area contributed by atoms with Gasteiger partial charge in [0, 0.05) is 31.2 Å². The van der Waals surface area contributed by atoms with Crippen LogP contribution in [0.3, 0.4) is 0 Å². The lowest BCUT2D eigenvalue weighted by Crippen LogP contribution is -2.44. The highest BCUT2D eigenvalue weighted by molar-refractivity contribution is 7.88. The Labute approximate surface area is 178 Å². The summed E-state index contributed by atoms with van der Waals surface area (Å²) in [6.45, 7) is 5.73. The van der Waals surface area contributed by atoms with Gasteiger partial charge < -0.3 is 14.7 Å². The number of rotatable bonds is 5. The number of hydrogen-bond donors (Lipinski definition) is 2. The van der Waals surface area contributed by atoms with Crippen molar-refractivity contribution in [1.82, 2.24) is 14.6 Å². The predicted molar refractivity (Wildman–Crippen MR) is 105 cm³/mol. The molecule has 2 heterocycles. The second kappa shape index (κ2) is 11.4. The average molecular weight is 469 g/mol. The number of carbonyl (C=O) groups excluding carboxylic acids is 1. The maximum Gasteiger partial charge on any atom is 0.490 e. The number of hydrogen-bond acceptors (Lipinski definition) is 6. The van der Waals surface area contributed by atoms with Crippen LogP contribution in [0, 0.1) is 12.8 Å². The number of nitrogens with one attached hydrogen (secondary N) is 1.